The van der Waals surface area contributed by atoms with Crippen LogP contribution < -0.4 is 0 Å². The van der Waals surface area contributed by atoms with Gasteiger partial charge in [0.2, 0.25) is 0 Å². The summed E-state index contributed by atoms with van der Waals surface area (Å²) in [5, 5.41) is 43.2. The van der Waals surface area contributed by atoms with Gasteiger partial charge in [0, 0.05) is 11.3 Å². The lowest BCUT2D eigenvalue weighted by atomic mass is 9.39. The molecule has 2 bridgehead atoms. The summed E-state index contributed by atoms with van der Waals surface area (Å²) in [6, 6.07) is 0. The Labute approximate surface area is 148 Å². The van der Waals surface area contributed by atoms with E-state index in [0.29, 0.717) is 19.3 Å². The van der Waals surface area contributed by atoms with Crippen LogP contribution in [0.15, 0.2) is 12.2 Å². The van der Waals surface area contributed by atoms with Crippen molar-refractivity contribution in [3.8, 4) is 0 Å². The van der Waals surface area contributed by atoms with E-state index in [1.165, 1.54) is 0 Å². The molecule has 0 aliphatic heterocycles. The molecule has 0 heterocycles. The van der Waals surface area contributed by atoms with Gasteiger partial charge < -0.3 is 20.4 Å². The molecule has 0 aromatic rings. The highest BCUT2D eigenvalue weighted by Crippen LogP contribution is 2.72. The van der Waals surface area contributed by atoms with Crippen LogP contribution in [0.5, 0.6) is 0 Å². The Balaban J connectivity index is 1.89. The monoisotopic (exact) mass is 350 g/mol. The molecule has 140 valence electrons. The molecule has 0 saturated heterocycles. The predicted octanol–water partition coefficient (Wildman–Crippen LogP) is 1.95. The largest absolute Gasteiger partial charge is 0.481 e. The second-order valence-electron chi connectivity index (χ2n) is 9.75. The minimum Gasteiger partial charge on any atom is -0.481 e. The number of hydrogen-bond donors (Lipinski definition) is 4. The normalized spacial score (nSPS) is 57.7. The number of aliphatic hydroxyl groups is 3. The first-order chi connectivity index (χ1) is 11.6. The van der Waals surface area contributed by atoms with Gasteiger partial charge in [-0.3, -0.25) is 4.79 Å². The lowest BCUT2D eigenvalue weighted by Crippen LogP contribution is -2.71. The van der Waals surface area contributed by atoms with E-state index < -0.39 is 46.4 Å². The van der Waals surface area contributed by atoms with Crippen LogP contribution in [0.25, 0.3) is 0 Å². The van der Waals surface area contributed by atoms with Gasteiger partial charge in [0.05, 0.1) is 23.7 Å². The zero-order valence-corrected chi connectivity index (χ0v) is 15.1. The summed E-state index contributed by atoms with van der Waals surface area (Å²) in [5.41, 5.74) is -1.09. The second kappa shape index (κ2) is 5.08. The molecule has 0 radical (unpaired) electrons. The maximum atomic E-state index is 12.1. The minimum atomic E-state index is -1.08. The van der Waals surface area contributed by atoms with Crippen molar-refractivity contribution in [3.05, 3.63) is 12.2 Å². The number of allylic oxidation sites excluding steroid dienone is 1. The summed E-state index contributed by atoms with van der Waals surface area (Å²) < 4.78 is 0. The smallest absolute Gasteiger partial charge is 0.309 e. The first-order valence-electron chi connectivity index (χ1n) is 9.53. The molecule has 4 fully saturated rings. The van der Waals surface area contributed by atoms with Gasteiger partial charge in [0.25, 0.3) is 0 Å². The van der Waals surface area contributed by atoms with Crippen molar-refractivity contribution < 1.29 is 25.2 Å². The van der Waals surface area contributed by atoms with Crippen LogP contribution in [0, 0.1) is 34.0 Å². The molecule has 1 spiro atoms. The predicted molar refractivity (Wildman–Crippen MR) is 91.6 cm³/mol. The first kappa shape index (κ1) is 17.5. The summed E-state index contributed by atoms with van der Waals surface area (Å²) in [6.45, 7) is 7.91. The number of hydrogen-bond acceptors (Lipinski definition) is 4. The molecule has 9 atom stereocenters. The fraction of sp³-hybridized carbons (Fsp3) is 0.850. The van der Waals surface area contributed by atoms with Crippen LogP contribution in [-0.4, -0.2) is 44.7 Å². The maximum absolute atomic E-state index is 12.1. The average Bonchev–Trinajstić information content (AvgIpc) is 2.76. The number of rotatable bonds is 1. The summed E-state index contributed by atoms with van der Waals surface area (Å²) in [7, 11) is 0. The molecule has 5 heteroatoms. The van der Waals surface area contributed by atoms with Crippen LogP contribution in [-0.2, 0) is 4.79 Å². The highest BCUT2D eigenvalue weighted by atomic mass is 16.4. The van der Waals surface area contributed by atoms with Gasteiger partial charge in [0.1, 0.15) is 0 Å². The molecule has 4 saturated carbocycles. The number of carboxylic acids is 1. The molecule has 4 rings (SSSR count). The Kier molecular flexibility index (Phi) is 3.56. The third-order valence-corrected chi connectivity index (χ3v) is 8.55. The average molecular weight is 350 g/mol. The molecule has 0 aromatic carbocycles. The van der Waals surface area contributed by atoms with Crippen LogP contribution in [0.3, 0.4) is 0 Å². The fourth-order valence-corrected chi connectivity index (χ4v) is 7.80. The summed E-state index contributed by atoms with van der Waals surface area (Å²) in [4.78, 5) is 12.1. The lowest BCUT2D eigenvalue weighted by Gasteiger charge is -2.67. The van der Waals surface area contributed by atoms with Crippen molar-refractivity contribution in [3.63, 3.8) is 0 Å². The van der Waals surface area contributed by atoms with E-state index in [9.17, 15) is 25.2 Å². The molecule has 4 N–H and O–H groups in total. The molecule has 25 heavy (non-hydrogen) atoms. The van der Waals surface area contributed by atoms with Crippen molar-refractivity contribution in [2.24, 2.45) is 34.0 Å². The zero-order valence-electron chi connectivity index (χ0n) is 15.1. The van der Waals surface area contributed by atoms with Crippen molar-refractivity contribution in [2.75, 3.05) is 0 Å². The SMILES string of the molecule is C=C1CC23CC1CC(O)C2C1(C)CCCC(C)(C(=O)O)C1C(O)C3O. The van der Waals surface area contributed by atoms with E-state index in [4.69, 9.17) is 0 Å². The summed E-state index contributed by atoms with van der Waals surface area (Å²) >= 11 is 0. The van der Waals surface area contributed by atoms with Crippen molar-refractivity contribution >= 4 is 5.97 Å². The lowest BCUT2D eigenvalue weighted by molar-refractivity contribution is -0.272. The Morgan fingerprint density at radius 3 is 2.48 bits per heavy atom. The molecule has 0 amide bonds. The molecule has 5 nitrogen and oxygen atoms in total. The van der Waals surface area contributed by atoms with Gasteiger partial charge in [-0.1, -0.05) is 25.5 Å². The molecule has 0 aromatic heterocycles. The van der Waals surface area contributed by atoms with Crippen LogP contribution >= 0.6 is 0 Å². The van der Waals surface area contributed by atoms with Crippen molar-refractivity contribution in [1.82, 2.24) is 0 Å². The number of aliphatic hydroxyl groups excluding tert-OH is 3. The third kappa shape index (κ3) is 1.92. The molecule has 9 unspecified atom stereocenters. The summed E-state index contributed by atoms with van der Waals surface area (Å²) in [6.07, 6.45) is 1.39. The number of carbonyl (C=O) groups is 1. The number of carboxylic acid groups (broad SMARTS) is 1. The quantitative estimate of drug-likeness (QED) is 0.542. The van der Waals surface area contributed by atoms with Crippen LogP contribution in [0.2, 0.25) is 0 Å². The van der Waals surface area contributed by atoms with Gasteiger partial charge in [-0.05, 0) is 56.3 Å². The highest BCUT2D eigenvalue weighted by molar-refractivity contribution is 5.75. The van der Waals surface area contributed by atoms with Crippen molar-refractivity contribution in [2.45, 2.75) is 70.7 Å². The zero-order chi connectivity index (χ0) is 18.4. The van der Waals surface area contributed by atoms with Gasteiger partial charge >= 0.3 is 5.97 Å². The van der Waals surface area contributed by atoms with Gasteiger partial charge in [-0.25, -0.2) is 0 Å². The second-order valence-corrected chi connectivity index (χ2v) is 9.75. The van der Waals surface area contributed by atoms with E-state index in [2.05, 4.69) is 6.58 Å². The topological polar surface area (TPSA) is 98.0 Å². The Hall–Kier alpha value is -0.910. The van der Waals surface area contributed by atoms with Crippen LogP contribution in [0.4, 0.5) is 0 Å². The third-order valence-electron chi connectivity index (χ3n) is 8.55. The molecule has 4 aliphatic rings. The number of fused-ring (bicyclic) bond motifs is 3. The van der Waals surface area contributed by atoms with Crippen LogP contribution in [0.1, 0.15) is 52.4 Å². The summed E-state index contributed by atoms with van der Waals surface area (Å²) in [5.74, 6) is -1.47. The number of aliphatic carboxylic acids is 1. The highest BCUT2D eigenvalue weighted by Gasteiger charge is 2.73. The van der Waals surface area contributed by atoms with Crippen molar-refractivity contribution in [1.29, 1.82) is 0 Å². The minimum absolute atomic E-state index is 0.196. The van der Waals surface area contributed by atoms with E-state index in [1.54, 1.807) is 6.92 Å². The Morgan fingerprint density at radius 1 is 1.16 bits per heavy atom. The molecular formula is C20H30O5. The fourth-order valence-electron chi connectivity index (χ4n) is 7.80. The van der Waals surface area contributed by atoms with E-state index in [-0.39, 0.29) is 11.8 Å². The van der Waals surface area contributed by atoms with E-state index in [1.807, 2.05) is 6.92 Å². The first-order valence-corrected chi connectivity index (χ1v) is 9.53. The van der Waals surface area contributed by atoms with Gasteiger partial charge in [0.15, 0.2) is 0 Å². The van der Waals surface area contributed by atoms with Gasteiger partial charge in [-0.15, -0.1) is 0 Å². The van der Waals surface area contributed by atoms with Gasteiger partial charge in [-0.2, -0.15) is 0 Å². The standard InChI is InChI=1S/C20H30O5/c1-10-8-20-9-11(10)7-12(21)14(20)18(2)5-4-6-19(3,17(24)25)15(18)13(22)16(20)23/h11-16,21-23H,1,4-9H2,2-3H3,(H,24,25). The van der Waals surface area contributed by atoms with E-state index >= 15 is 0 Å². The Bertz CT molecular complexity index is 632. The van der Waals surface area contributed by atoms with E-state index in [0.717, 1.165) is 24.8 Å². The maximum Gasteiger partial charge on any atom is 0.309 e. The molecular weight excluding hydrogens is 320 g/mol. The Morgan fingerprint density at radius 2 is 1.84 bits per heavy atom. The molecule has 4 aliphatic carbocycles.